The molecule has 0 unspecified atom stereocenters. The minimum absolute atomic E-state index is 0. The maximum absolute atomic E-state index is 9.44. The summed E-state index contributed by atoms with van der Waals surface area (Å²) in [5.74, 6) is 0.167. The van der Waals surface area contributed by atoms with Gasteiger partial charge in [-0.3, -0.25) is 5.32 Å². The fourth-order valence-corrected chi connectivity index (χ4v) is 1.62. The van der Waals surface area contributed by atoms with Crippen molar-refractivity contribution in [2.75, 3.05) is 0 Å². The average molecular weight is 319 g/mol. The van der Waals surface area contributed by atoms with Crippen molar-refractivity contribution in [3.63, 3.8) is 0 Å². The van der Waals surface area contributed by atoms with Gasteiger partial charge in [-0.15, -0.1) is 0 Å². The minimum Gasteiger partial charge on any atom is -0.412 e. The van der Waals surface area contributed by atoms with E-state index >= 15 is 0 Å². The standard InChI is InChI=1S/C7H14N2S.C4H7NO.C3H6O.H2O/c1-6(2)5(10)8-7(3,4)9-6;1-4(2,6)3-5;1-3(2)4;/h9H,1-4H3,(H,8,10);6H,1-2H3;1-2H3;1H2. The molecule has 1 saturated heterocycles. The summed E-state index contributed by atoms with van der Waals surface area (Å²) >= 11 is 5.13. The predicted octanol–water partition coefficient (Wildman–Crippen LogP) is 1.07. The number of nitrogens with one attached hydrogen (secondary N) is 2. The molecule has 5 N–H and O–H groups in total. The molecule has 1 aliphatic rings. The van der Waals surface area contributed by atoms with E-state index in [9.17, 15) is 4.79 Å². The van der Waals surface area contributed by atoms with Crippen LogP contribution in [0.2, 0.25) is 0 Å². The second kappa shape index (κ2) is 9.05. The van der Waals surface area contributed by atoms with Gasteiger partial charge in [-0.05, 0) is 55.4 Å². The number of carbonyl (C=O) groups is 1. The van der Waals surface area contributed by atoms with Gasteiger partial charge in [-0.2, -0.15) is 5.26 Å². The highest BCUT2D eigenvalue weighted by Crippen LogP contribution is 2.17. The molecule has 6 nitrogen and oxygen atoms in total. The topological polar surface area (TPSA) is 117 Å². The van der Waals surface area contributed by atoms with E-state index in [1.807, 2.05) is 0 Å². The number of carbonyl (C=O) groups excluding carboxylic acids is 1. The van der Waals surface area contributed by atoms with Crippen molar-refractivity contribution in [2.24, 2.45) is 0 Å². The van der Waals surface area contributed by atoms with Gasteiger partial charge in [-0.1, -0.05) is 12.2 Å². The van der Waals surface area contributed by atoms with Gasteiger partial charge in [0.05, 0.1) is 22.3 Å². The Morgan fingerprint density at radius 2 is 1.57 bits per heavy atom. The van der Waals surface area contributed by atoms with E-state index < -0.39 is 5.60 Å². The van der Waals surface area contributed by atoms with Crippen LogP contribution in [0, 0.1) is 11.3 Å². The lowest BCUT2D eigenvalue weighted by molar-refractivity contribution is -0.114. The Kier molecular flexibility index (Phi) is 10.7. The van der Waals surface area contributed by atoms with Crippen LogP contribution in [0.25, 0.3) is 0 Å². The largest absolute Gasteiger partial charge is 0.412 e. The Labute approximate surface area is 133 Å². The van der Waals surface area contributed by atoms with Crippen molar-refractivity contribution in [3.8, 4) is 6.07 Å². The highest BCUT2D eigenvalue weighted by atomic mass is 32.1. The van der Waals surface area contributed by atoms with Gasteiger partial charge in [-0.25, -0.2) is 0 Å². The van der Waals surface area contributed by atoms with E-state index in [2.05, 4.69) is 38.3 Å². The number of ketones is 1. The van der Waals surface area contributed by atoms with E-state index in [0.29, 0.717) is 0 Å². The van der Waals surface area contributed by atoms with Crippen LogP contribution in [-0.2, 0) is 4.79 Å². The molecule has 0 spiro atoms. The molecule has 0 amide bonds. The average Bonchev–Trinajstić information content (AvgIpc) is 2.32. The van der Waals surface area contributed by atoms with E-state index in [4.69, 9.17) is 22.6 Å². The third-order valence-corrected chi connectivity index (χ3v) is 2.50. The second-order valence-electron chi connectivity index (χ2n) is 6.41. The van der Waals surface area contributed by atoms with Crippen LogP contribution in [0.15, 0.2) is 0 Å². The van der Waals surface area contributed by atoms with Crippen molar-refractivity contribution >= 4 is 23.0 Å². The van der Waals surface area contributed by atoms with Gasteiger partial charge < -0.3 is 20.7 Å². The Hall–Kier alpha value is -1.07. The summed E-state index contributed by atoms with van der Waals surface area (Å²) in [6.07, 6.45) is 0. The van der Waals surface area contributed by atoms with Crippen molar-refractivity contribution in [3.05, 3.63) is 0 Å². The molecule has 1 aliphatic heterocycles. The number of rotatable bonds is 0. The number of hydrogen-bond acceptors (Lipinski definition) is 5. The zero-order chi connectivity index (χ0) is 16.8. The summed E-state index contributed by atoms with van der Waals surface area (Å²) in [5, 5.41) is 22.9. The summed E-state index contributed by atoms with van der Waals surface area (Å²) in [5.41, 5.74) is -1.24. The van der Waals surface area contributed by atoms with Crippen LogP contribution in [0.3, 0.4) is 0 Å². The van der Waals surface area contributed by atoms with Gasteiger partial charge in [0.25, 0.3) is 0 Å². The molecule has 1 rings (SSSR count). The summed E-state index contributed by atoms with van der Waals surface area (Å²) in [4.78, 5) is 10.3. The number of Topliss-reactive ketones (excluding diaryl/α,β-unsaturated/α-hetero) is 1. The number of aliphatic hydroxyl groups is 1. The smallest absolute Gasteiger partial charge is 0.145 e. The maximum atomic E-state index is 9.44. The zero-order valence-corrected chi connectivity index (χ0v) is 15.0. The second-order valence-corrected chi connectivity index (χ2v) is 6.82. The Morgan fingerprint density at radius 1 is 1.29 bits per heavy atom. The van der Waals surface area contributed by atoms with E-state index in [1.54, 1.807) is 6.07 Å². The van der Waals surface area contributed by atoms with Crippen LogP contribution in [0.5, 0.6) is 0 Å². The third kappa shape index (κ3) is 15.1. The van der Waals surface area contributed by atoms with Gasteiger partial charge in [0, 0.05) is 0 Å². The van der Waals surface area contributed by atoms with Crippen molar-refractivity contribution in [1.82, 2.24) is 10.6 Å². The maximum Gasteiger partial charge on any atom is 0.145 e. The molecule has 7 heteroatoms. The number of nitrogens with zero attached hydrogens (tertiary/aromatic N) is 1. The van der Waals surface area contributed by atoms with Gasteiger partial charge in [0.1, 0.15) is 11.4 Å². The highest BCUT2D eigenvalue weighted by Gasteiger charge is 2.39. The van der Waals surface area contributed by atoms with Gasteiger partial charge in [0.15, 0.2) is 0 Å². The van der Waals surface area contributed by atoms with Crippen LogP contribution in [0.1, 0.15) is 55.4 Å². The first-order valence-corrected chi connectivity index (χ1v) is 6.76. The van der Waals surface area contributed by atoms with Crippen LogP contribution in [0.4, 0.5) is 0 Å². The number of nitriles is 1. The van der Waals surface area contributed by atoms with Gasteiger partial charge in [0.2, 0.25) is 0 Å². The normalized spacial score (nSPS) is 17.6. The lowest BCUT2D eigenvalue weighted by Crippen LogP contribution is -2.46. The summed E-state index contributed by atoms with van der Waals surface area (Å²) < 4.78 is 0. The molecule has 21 heavy (non-hydrogen) atoms. The molecule has 0 saturated carbocycles. The van der Waals surface area contributed by atoms with Crippen LogP contribution in [-0.4, -0.2) is 38.2 Å². The molecule has 1 heterocycles. The van der Waals surface area contributed by atoms with Crippen molar-refractivity contribution in [1.29, 1.82) is 5.26 Å². The number of hydrogen-bond donors (Lipinski definition) is 3. The van der Waals surface area contributed by atoms with Gasteiger partial charge >= 0.3 is 0 Å². The molecule has 0 bridgehead atoms. The number of thiocarbonyl (C=S) groups is 1. The molecule has 124 valence electrons. The first kappa shape index (κ1) is 24.9. The molecule has 0 radical (unpaired) electrons. The summed E-state index contributed by atoms with van der Waals surface area (Å²) in [7, 11) is 0. The van der Waals surface area contributed by atoms with Crippen molar-refractivity contribution in [2.45, 2.75) is 72.2 Å². The molecular weight excluding hydrogens is 290 g/mol. The first-order chi connectivity index (χ1) is 8.63. The molecule has 0 aromatic heterocycles. The fourth-order valence-electron chi connectivity index (χ4n) is 1.31. The monoisotopic (exact) mass is 319 g/mol. The minimum atomic E-state index is -1.15. The van der Waals surface area contributed by atoms with Crippen molar-refractivity contribution < 1.29 is 15.4 Å². The highest BCUT2D eigenvalue weighted by molar-refractivity contribution is 7.80. The fraction of sp³-hybridized carbons (Fsp3) is 0.786. The predicted molar refractivity (Wildman–Crippen MR) is 88.9 cm³/mol. The molecule has 0 aliphatic carbocycles. The van der Waals surface area contributed by atoms with E-state index in [1.165, 1.54) is 27.7 Å². The Bertz CT molecular complexity index is 389. The Morgan fingerprint density at radius 3 is 1.62 bits per heavy atom. The third-order valence-electron chi connectivity index (χ3n) is 1.89. The van der Waals surface area contributed by atoms with E-state index in [-0.39, 0.29) is 22.5 Å². The zero-order valence-electron chi connectivity index (χ0n) is 14.2. The molecule has 0 aromatic carbocycles. The summed E-state index contributed by atoms with van der Waals surface area (Å²) in [6, 6.07) is 1.66. The lowest BCUT2D eigenvalue weighted by Gasteiger charge is -2.22. The molecule has 1 fully saturated rings. The summed E-state index contributed by atoms with van der Waals surface area (Å²) in [6.45, 7) is 14.2. The molecular formula is C14H29N3O3S. The first-order valence-electron chi connectivity index (χ1n) is 6.36. The quantitative estimate of drug-likeness (QED) is 0.454. The Balaban J connectivity index is -0.000000255. The molecule has 0 aromatic rings. The van der Waals surface area contributed by atoms with Crippen LogP contribution >= 0.6 is 12.2 Å². The SMILES string of the molecule is CC(C)(O)C#N.CC(C)=O.CC1(C)NC(=S)C(C)(C)N1.O. The lowest BCUT2D eigenvalue weighted by atomic mass is 10.1. The van der Waals surface area contributed by atoms with E-state index in [0.717, 1.165) is 4.99 Å². The van der Waals surface area contributed by atoms with Crippen LogP contribution < -0.4 is 10.6 Å². The molecule has 0 atom stereocenters.